The summed E-state index contributed by atoms with van der Waals surface area (Å²) >= 11 is 1.42. The van der Waals surface area contributed by atoms with Gasteiger partial charge in [-0.2, -0.15) is 0 Å². The van der Waals surface area contributed by atoms with Crippen molar-refractivity contribution in [2.45, 2.75) is 4.90 Å². The van der Waals surface area contributed by atoms with Gasteiger partial charge in [0, 0.05) is 17.2 Å². The average molecular weight is 362 g/mol. The third-order valence-corrected chi connectivity index (χ3v) is 3.86. The maximum Gasteiger partial charge on any atom is 0.319 e. The van der Waals surface area contributed by atoms with E-state index in [0.29, 0.717) is 5.75 Å². The fraction of sp³-hybridized carbons (Fsp3) is 0.133. The Labute approximate surface area is 138 Å². The molecule has 128 valence electrons. The number of carbonyl (C=O) groups excluding carboxylic acids is 1. The zero-order valence-electron chi connectivity index (χ0n) is 12.0. The highest BCUT2D eigenvalue weighted by Gasteiger charge is 2.26. The predicted octanol–water partition coefficient (Wildman–Crippen LogP) is 4.30. The van der Waals surface area contributed by atoms with E-state index >= 15 is 0 Å². The van der Waals surface area contributed by atoms with E-state index in [1.807, 2.05) is 30.3 Å². The summed E-state index contributed by atoms with van der Waals surface area (Å²) in [6.45, 7) is 0.126. The Bertz CT molecular complexity index is 713. The first-order valence-electron chi connectivity index (χ1n) is 6.66. The van der Waals surface area contributed by atoms with Gasteiger partial charge < -0.3 is 10.6 Å². The van der Waals surface area contributed by atoms with Crippen molar-refractivity contribution in [3.63, 3.8) is 0 Å². The van der Waals surface area contributed by atoms with Crippen LogP contribution < -0.4 is 10.6 Å². The second kappa shape index (κ2) is 8.00. The number of thioether (sulfide) groups is 1. The highest BCUT2D eigenvalue weighted by molar-refractivity contribution is 7.99. The maximum atomic E-state index is 13.4. The van der Waals surface area contributed by atoms with Gasteiger partial charge >= 0.3 is 6.03 Å². The zero-order valence-corrected chi connectivity index (χ0v) is 12.8. The fourth-order valence-corrected chi connectivity index (χ4v) is 2.51. The molecule has 2 rings (SSSR count). The zero-order chi connectivity index (χ0) is 17.7. The van der Waals surface area contributed by atoms with E-state index in [1.165, 1.54) is 11.8 Å². The molecule has 0 aromatic heterocycles. The summed E-state index contributed by atoms with van der Waals surface area (Å²) in [6.07, 6.45) is 0. The van der Waals surface area contributed by atoms with E-state index in [0.717, 1.165) is 4.90 Å². The molecule has 2 aromatic carbocycles. The summed E-state index contributed by atoms with van der Waals surface area (Å²) < 4.78 is 65.7. The molecule has 0 heterocycles. The molecule has 24 heavy (non-hydrogen) atoms. The third kappa shape index (κ3) is 4.16. The Kier molecular flexibility index (Phi) is 6.02. The van der Waals surface area contributed by atoms with Gasteiger partial charge in [0.15, 0.2) is 23.3 Å². The molecule has 2 aromatic rings. The largest absolute Gasteiger partial charge is 0.337 e. The molecular formula is C15H11F5N2OS. The van der Waals surface area contributed by atoms with Crippen LogP contribution in [-0.4, -0.2) is 18.3 Å². The monoisotopic (exact) mass is 362 g/mol. The molecule has 2 amide bonds. The van der Waals surface area contributed by atoms with Crippen LogP contribution in [0.3, 0.4) is 0 Å². The van der Waals surface area contributed by atoms with Gasteiger partial charge in [-0.25, -0.2) is 26.7 Å². The van der Waals surface area contributed by atoms with Crippen molar-refractivity contribution in [3.05, 3.63) is 59.4 Å². The lowest BCUT2D eigenvalue weighted by molar-refractivity contribution is 0.252. The van der Waals surface area contributed by atoms with Crippen molar-refractivity contribution in [1.82, 2.24) is 5.32 Å². The second-order valence-corrected chi connectivity index (χ2v) is 5.66. The maximum absolute atomic E-state index is 13.4. The van der Waals surface area contributed by atoms with Crippen molar-refractivity contribution < 1.29 is 26.7 Å². The van der Waals surface area contributed by atoms with Crippen LogP contribution in [0.1, 0.15) is 0 Å². The van der Waals surface area contributed by atoms with Crippen LogP contribution in [-0.2, 0) is 0 Å². The van der Waals surface area contributed by atoms with Crippen LogP contribution in [0.4, 0.5) is 32.4 Å². The number of nitrogens with one attached hydrogen (secondary N) is 2. The minimum absolute atomic E-state index is 0.126. The number of hydrogen-bond donors (Lipinski definition) is 2. The first-order valence-corrected chi connectivity index (χ1v) is 7.64. The molecule has 0 atom stereocenters. The Balaban J connectivity index is 1.91. The number of hydrogen-bond acceptors (Lipinski definition) is 2. The van der Waals surface area contributed by atoms with Crippen LogP contribution in [0.5, 0.6) is 0 Å². The number of amides is 2. The summed E-state index contributed by atoms with van der Waals surface area (Å²) in [5.41, 5.74) is -1.39. The third-order valence-electron chi connectivity index (χ3n) is 2.85. The topological polar surface area (TPSA) is 41.1 Å². The lowest BCUT2D eigenvalue weighted by atomic mass is 10.2. The van der Waals surface area contributed by atoms with Crippen LogP contribution in [0.15, 0.2) is 35.2 Å². The van der Waals surface area contributed by atoms with E-state index < -0.39 is 40.8 Å². The van der Waals surface area contributed by atoms with Crippen molar-refractivity contribution in [1.29, 1.82) is 0 Å². The Morgan fingerprint density at radius 1 is 0.875 bits per heavy atom. The van der Waals surface area contributed by atoms with E-state index in [9.17, 15) is 26.7 Å². The summed E-state index contributed by atoms with van der Waals surface area (Å²) in [5.74, 6) is -10.3. The molecule has 0 fully saturated rings. The molecule has 0 unspecified atom stereocenters. The highest BCUT2D eigenvalue weighted by Crippen LogP contribution is 2.27. The number of halogens is 5. The van der Waals surface area contributed by atoms with Crippen molar-refractivity contribution >= 4 is 23.5 Å². The standard InChI is InChI=1S/C15H11F5N2OS/c16-9-10(17)12(19)14(13(20)11(9)18)22-15(23)21-6-7-24-8-4-2-1-3-5-8/h1-5H,6-7H2,(H2,21,22,23). The van der Waals surface area contributed by atoms with Crippen LogP contribution in [0, 0.1) is 29.1 Å². The SMILES string of the molecule is O=C(NCCSc1ccccc1)Nc1c(F)c(F)c(F)c(F)c1F. The molecule has 0 saturated heterocycles. The molecule has 3 nitrogen and oxygen atoms in total. The van der Waals surface area contributed by atoms with Gasteiger partial charge in [-0.1, -0.05) is 18.2 Å². The molecule has 2 N–H and O–H groups in total. The molecule has 0 radical (unpaired) electrons. The van der Waals surface area contributed by atoms with Gasteiger partial charge in [0.05, 0.1) is 0 Å². The number of rotatable bonds is 5. The number of carbonyl (C=O) groups is 1. The average Bonchev–Trinajstić information content (AvgIpc) is 2.60. The van der Waals surface area contributed by atoms with Crippen LogP contribution in [0.2, 0.25) is 0 Å². The minimum Gasteiger partial charge on any atom is -0.337 e. The summed E-state index contributed by atoms with van der Waals surface area (Å²) in [6, 6.07) is 8.17. The summed E-state index contributed by atoms with van der Waals surface area (Å²) in [4.78, 5) is 12.5. The number of benzene rings is 2. The van der Waals surface area contributed by atoms with E-state index in [4.69, 9.17) is 0 Å². The van der Waals surface area contributed by atoms with E-state index in [1.54, 1.807) is 5.32 Å². The quantitative estimate of drug-likeness (QED) is 0.274. The molecule has 0 saturated carbocycles. The van der Waals surface area contributed by atoms with E-state index in [2.05, 4.69) is 5.32 Å². The Hall–Kier alpha value is -2.29. The van der Waals surface area contributed by atoms with Crippen LogP contribution >= 0.6 is 11.8 Å². The van der Waals surface area contributed by atoms with Gasteiger partial charge in [0.1, 0.15) is 5.69 Å². The lowest BCUT2D eigenvalue weighted by Gasteiger charge is -2.10. The Morgan fingerprint density at radius 2 is 1.42 bits per heavy atom. The smallest absolute Gasteiger partial charge is 0.319 e. The molecule has 0 aliphatic heterocycles. The van der Waals surface area contributed by atoms with Crippen molar-refractivity contribution in [3.8, 4) is 0 Å². The predicted molar refractivity (Wildman–Crippen MR) is 80.4 cm³/mol. The van der Waals surface area contributed by atoms with E-state index in [-0.39, 0.29) is 6.54 Å². The van der Waals surface area contributed by atoms with Crippen LogP contribution in [0.25, 0.3) is 0 Å². The van der Waals surface area contributed by atoms with Gasteiger partial charge in [-0.3, -0.25) is 0 Å². The first kappa shape index (κ1) is 18.1. The normalized spacial score (nSPS) is 10.5. The Morgan fingerprint density at radius 3 is 2.00 bits per heavy atom. The minimum atomic E-state index is -2.28. The van der Waals surface area contributed by atoms with Crippen molar-refractivity contribution in [2.75, 3.05) is 17.6 Å². The molecule has 9 heteroatoms. The second-order valence-electron chi connectivity index (χ2n) is 4.49. The molecule has 0 aliphatic rings. The van der Waals surface area contributed by atoms with Gasteiger partial charge in [-0.05, 0) is 12.1 Å². The molecule has 0 spiro atoms. The summed E-state index contributed by atoms with van der Waals surface area (Å²) in [7, 11) is 0. The van der Waals surface area contributed by atoms with Gasteiger partial charge in [0.25, 0.3) is 0 Å². The summed E-state index contributed by atoms with van der Waals surface area (Å²) in [5, 5.41) is 3.90. The molecule has 0 bridgehead atoms. The first-order chi connectivity index (χ1) is 11.4. The number of urea groups is 1. The van der Waals surface area contributed by atoms with Gasteiger partial charge in [0.2, 0.25) is 5.82 Å². The lowest BCUT2D eigenvalue weighted by Crippen LogP contribution is -2.31. The number of anilines is 1. The molecule has 0 aliphatic carbocycles. The van der Waals surface area contributed by atoms with Crippen molar-refractivity contribution in [2.24, 2.45) is 0 Å². The fourth-order valence-electron chi connectivity index (χ4n) is 1.72. The molecular weight excluding hydrogens is 351 g/mol. The highest BCUT2D eigenvalue weighted by atomic mass is 32.2. The van der Waals surface area contributed by atoms with Gasteiger partial charge in [-0.15, -0.1) is 11.8 Å².